The summed E-state index contributed by atoms with van der Waals surface area (Å²) < 4.78 is 47.6. The number of amides is 2. The van der Waals surface area contributed by atoms with Gasteiger partial charge in [-0.3, -0.25) is 14.4 Å². The number of H-pyrrole nitrogens is 1. The third kappa shape index (κ3) is 9.81. The Hall–Kier alpha value is -6.46. The molecular weight excluding hydrogens is 783 g/mol. The van der Waals surface area contributed by atoms with Crippen LogP contribution >= 0.6 is 0 Å². The minimum atomic E-state index is -4.41. The standard InChI is InChI=1S/C42H45N5O11S/c1-5-16-44-40(50)37-24(2)33(45-25(37)3)23-31-30-22-29(13-14-32(30)46-39(31)49)57-36(48)15-19-55-41(51)26(4)56-42(52)27-20-34(47-17-9-10-18-47)38(35(21-27)59(43,53)54)58-28-11-7-6-8-12-28/h6-8,11-14,20-23,26,45H,5,9-10,15-19H2,1-4H3,(H,44,50)(H,46,49)(H2,43,53,54)/b31-23-. The first kappa shape index (κ1) is 42.2. The molecule has 0 saturated carbocycles. The molecule has 16 nitrogen and oxygen atoms in total. The first-order valence-electron chi connectivity index (χ1n) is 19.1. The maximum Gasteiger partial charge on any atom is 0.347 e. The summed E-state index contributed by atoms with van der Waals surface area (Å²) in [6.45, 7) is 8.09. The van der Waals surface area contributed by atoms with Gasteiger partial charge in [0, 0.05) is 42.3 Å². The van der Waals surface area contributed by atoms with E-state index in [1.807, 2.05) is 11.8 Å². The highest BCUT2D eigenvalue weighted by atomic mass is 32.2. The van der Waals surface area contributed by atoms with E-state index in [2.05, 4.69) is 15.6 Å². The molecule has 0 bridgehead atoms. The van der Waals surface area contributed by atoms with Gasteiger partial charge in [-0.1, -0.05) is 25.1 Å². The summed E-state index contributed by atoms with van der Waals surface area (Å²) >= 11 is 0. The summed E-state index contributed by atoms with van der Waals surface area (Å²) in [4.78, 5) is 69.2. The summed E-state index contributed by atoms with van der Waals surface area (Å²) in [5.74, 6) is -2.84. The van der Waals surface area contributed by atoms with Gasteiger partial charge in [0.05, 0.1) is 28.8 Å². The molecule has 5 N–H and O–H groups in total. The third-order valence-electron chi connectivity index (χ3n) is 9.69. The van der Waals surface area contributed by atoms with E-state index in [4.69, 9.17) is 24.1 Å². The van der Waals surface area contributed by atoms with E-state index in [1.54, 1.807) is 56.3 Å². The zero-order valence-corrected chi connectivity index (χ0v) is 33.8. The summed E-state index contributed by atoms with van der Waals surface area (Å²) in [7, 11) is -4.41. The van der Waals surface area contributed by atoms with Gasteiger partial charge >= 0.3 is 17.9 Å². The predicted octanol–water partition coefficient (Wildman–Crippen LogP) is 5.39. The fraction of sp³-hybridized carbons (Fsp3) is 0.310. The number of aromatic nitrogens is 1. The van der Waals surface area contributed by atoms with Crippen molar-refractivity contribution in [3.8, 4) is 17.2 Å². The summed E-state index contributed by atoms with van der Waals surface area (Å²) in [5.41, 5.74) is 3.84. The van der Waals surface area contributed by atoms with Gasteiger partial charge in [-0.25, -0.2) is 23.1 Å². The number of para-hydroxylation sites is 1. The quantitative estimate of drug-likeness (QED) is 0.0673. The molecule has 4 aromatic rings. The number of nitrogens with zero attached hydrogens (tertiary/aromatic N) is 1. The molecule has 2 aliphatic rings. The maximum absolute atomic E-state index is 13.3. The van der Waals surface area contributed by atoms with Crippen LogP contribution in [0.3, 0.4) is 0 Å². The first-order chi connectivity index (χ1) is 28.1. The Morgan fingerprint density at radius 3 is 2.42 bits per heavy atom. The molecule has 1 unspecified atom stereocenters. The van der Waals surface area contributed by atoms with Crippen LogP contribution in [0, 0.1) is 13.8 Å². The van der Waals surface area contributed by atoms with Crippen molar-refractivity contribution in [2.75, 3.05) is 36.5 Å². The molecule has 1 atom stereocenters. The van der Waals surface area contributed by atoms with Crippen LogP contribution in [0.15, 0.2) is 65.6 Å². The zero-order chi connectivity index (χ0) is 42.4. The first-order valence-corrected chi connectivity index (χ1v) is 20.6. The number of benzene rings is 3. The molecule has 1 aromatic heterocycles. The number of aromatic amines is 1. The zero-order valence-electron chi connectivity index (χ0n) is 33.0. The van der Waals surface area contributed by atoms with E-state index in [0.29, 0.717) is 70.4 Å². The highest BCUT2D eigenvalue weighted by molar-refractivity contribution is 7.89. The van der Waals surface area contributed by atoms with Gasteiger partial charge in [0.15, 0.2) is 11.9 Å². The van der Waals surface area contributed by atoms with E-state index in [9.17, 15) is 32.4 Å². The third-order valence-corrected chi connectivity index (χ3v) is 10.6. The highest BCUT2D eigenvalue weighted by Crippen LogP contribution is 2.41. The van der Waals surface area contributed by atoms with Crippen molar-refractivity contribution in [2.45, 2.75) is 64.4 Å². The summed E-state index contributed by atoms with van der Waals surface area (Å²) in [6, 6.07) is 15.6. The van der Waals surface area contributed by atoms with Crippen LogP contribution in [0.4, 0.5) is 11.4 Å². The van der Waals surface area contributed by atoms with E-state index in [1.165, 1.54) is 25.1 Å². The number of ether oxygens (including phenoxy) is 4. The second-order valence-corrected chi connectivity index (χ2v) is 15.6. The van der Waals surface area contributed by atoms with E-state index in [-0.39, 0.29) is 35.3 Å². The van der Waals surface area contributed by atoms with Crippen LogP contribution < -0.4 is 30.1 Å². The lowest BCUT2D eigenvalue weighted by Gasteiger charge is -2.24. The molecule has 1 saturated heterocycles. The minimum Gasteiger partial charge on any atom is -0.462 e. The van der Waals surface area contributed by atoms with Gasteiger partial charge in [-0.15, -0.1) is 0 Å². The molecule has 59 heavy (non-hydrogen) atoms. The fourth-order valence-electron chi connectivity index (χ4n) is 6.73. The molecule has 310 valence electrons. The Labute approximate surface area is 341 Å². The van der Waals surface area contributed by atoms with Crippen LogP contribution in [0.25, 0.3) is 11.6 Å². The van der Waals surface area contributed by atoms with Gasteiger partial charge in [0.1, 0.15) is 23.0 Å². The number of esters is 3. The van der Waals surface area contributed by atoms with Crippen LogP contribution in [0.5, 0.6) is 17.2 Å². The van der Waals surface area contributed by atoms with Gasteiger partial charge < -0.3 is 39.5 Å². The second kappa shape index (κ2) is 18.0. The number of carbonyl (C=O) groups excluding carboxylic acids is 5. The number of aryl methyl sites for hydroxylation is 1. The summed E-state index contributed by atoms with van der Waals surface area (Å²) in [5, 5.41) is 11.2. The van der Waals surface area contributed by atoms with Crippen molar-refractivity contribution in [3.63, 3.8) is 0 Å². The molecule has 3 heterocycles. The van der Waals surface area contributed by atoms with Gasteiger partial charge in [0.2, 0.25) is 10.0 Å². The Morgan fingerprint density at radius 1 is 1.00 bits per heavy atom. The van der Waals surface area contributed by atoms with Gasteiger partial charge in [-0.2, -0.15) is 0 Å². The van der Waals surface area contributed by atoms with Crippen molar-refractivity contribution in [1.82, 2.24) is 10.3 Å². The van der Waals surface area contributed by atoms with Crippen molar-refractivity contribution < 1.29 is 51.3 Å². The Balaban J connectivity index is 1.08. The molecule has 0 radical (unpaired) electrons. The summed E-state index contributed by atoms with van der Waals surface area (Å²) in [6.07, 6.45) is 2.31. The van der Waals surface area contributed by atoms with Crippen LogP contribution in [-0.4, -0.2) is 75.5 Å². The maximum atomic E-state index is 13.3. The number of anilines is 2. The molecule has 0 aliphatic carbocycles. The number of carbonyl (C=O) groups is 5. The molecule has 17 heteroatoms. The van der Waals surface area contributed by atoms with Crippen molar-refractivity contribution in [3.05, 3.63) is 94.3 Å². The average molecular weight is 828 g/mol. The lowest BCUT2D eigenvalue weighted by Crippen LogP contribution is -2.28. The molecule has 3 aromatic carbocycles. The normalized spacial score (nSPS) is 14.7. The predicted molar refractivity (Wildman–Crippen MR) is 218 cm³/mol. The number of sulfonamides is 1. The molecule has 2 amide bonds. The van der Waals surface area contributed by atoms with Crippen molar-refractivity contribution in [1.29, 1.82) is 0 Å². The highest BCUT2D eigenvalue weighted by Gasteiger charge is 2.30. The van der Waals surface area contributed by atoms with E-state index >= 15 is 0 Å². The topological polar surface area (TPSA) is 226 Å². The number of hydrogen-bond acceptors (Lipinski definition) is 12. The second-order valence-electron chi connectivity index (χ2n) is 14.1. The molecule has 2 aliphatic heterocycles. The van der Waals surface area contributed by atoms with Crippen molar-refractivity contribution in [2.24, 2.45) is 5.14 Å². The Morgan fingerprint density at radius 2 is 1.73 bits per heavy atom. The van der Waals surface area contributed by atoms with Crippen molar-refractivity contribution >= 4 is 62.8 Å². The molecular formula is C42H45N5O11S. The SMILES string of the molecule is CCCNC(=O)c1c(C)[nH]c(/C=C2\C(=O)Nc3ccc(OC(=O)CCOC(=O)C(C)OC(=O)c4cc(N5CCCC5)c(Oc5ccccc5)c(S(N)(=O)=O)c4)cc32)c1C. The number of rotatable bonds is 15. The molecule has 6 rings (SSSR count). The lowest BCUT2D eigenvalue weighted by molar-refractivity contribution is -0.154. The molecule has 1 fully saturated rings. The Kier molecular flexibility index (Phi) is 12.9. The van der Waals surface area contributed by atoms with Gasteiger partial charge in [-0.05, 0) is 94.1 Å². The number of fused-ring (bicyclic) bond motifs is 1. The number of primary sulfonamides is 1. The average Bonchev–Trinajstić information content (AvgIpc) is 3.91. The lowest BCUT2D eigenvalue weighted by atomic mass is 10.0. The van der Waals surface area contributed by atoms with Crippen LogP contribution in [0.2, 0.25) is 0 Å². The van der Waals surface area contributed by atoms with Crippen LogP contribution in [-0.2, 0) is 33.9 Å². The monoisotopic (exact) mass is 827 g/mol. The number of nitrogens with one attached hydrogen (secondary N) is 3. The largest absolute Gasteiger partial charge is 0.462 e. The van der Waals surface area contributed by atoms with E-state index < -0.39 is 45.5 Å². The number of nitrogens with two attached hydrogens (primary N) is 1. The van der Waals surface area contributed by atoms with E-state index in [0.717, 1.165) is 25.3 Å². The van der Waals surface area contributed by atoms with Crippen LogP contribution in [0.1, 0.15) is 82.8 Å². The fourth-order valence-corrected chi connectivity index (χ4v) is 7.43. The minimum absolute atomic E-state index is 0.0385. The number of hydrogen-bond donors (Lipinski definition) is 4. The molecule has 0 spiro atoms. The Bertz CT molecular complexity index is 2440. The van der Waals surface area contributed by atoms with Gasteiger partial charge in [0.25, 0.3) is 11.8 Å². The smallest absolute Gasteiger partial charge is 0.347 e.